The lowest BCUT2D eigenvalue weighted by Crippen LogP contribution is -2.33. The normalized spacial score (nSPS) is 13.2. The third kappa shape index (κ3) is 23.9. The van der Waals surface area contributed by atoms with Gasteiger partial charge in [-0.2, -0.15) is 0 Å². The Morgan fingerprint density at radius 1 is 0.879 bits per heavy atom. The molecule has 196 valence electrons. The third-order valence-electron chi connectivity index (χ3n) is 5.67. The molecule has 0 aromatic heterocycles. The molecule has 3 N–H and O–H groups in total. The van der Waals surface area contributed by atoms with Crippen LogP contribution in [0.4, 0.5) is 0 Å². The molecule has 0 aliphatic carbocycles. The predicted molar refractivity (Wildman–Crippen MR) is 146 cm³/mol. The number of nitrogens with one attached hydrogen (secondary N) is 1. The zero-order chi connectivity index (χ0) is 24.8. The van der Waals surface area contributed by atoms with E-state index in [9.17, 15) is 9.59 Å². The average Bonchev–Trinajstić information content (AvgIpc) is 2.75. The summed E-state index contributed by atoms with van der Waals surface area (Å²) in [7, 11) is -0.659. The number of carbonyl (C=O) groups is 2. The van der Waals surface area contributed by atoms with E-state index in [4.69, 9.17) is 10.5 Å². The molecule has 5 nitrogen and oxygen atoms in total. The maximum absolute atomic E-state index is 11.9. The van der Waals surface area contributed by atoms with Crippen LogP contribution in [-0.2, 0) is 14.3 Å². The van der Waals surface area contributed by atoms with Gasteiger partial charge in [0.15, 0.2) is 0 Å². The van der Waals surface area contributed by atoms with E-state index >= 15 is 0 Å². The number of unbranched alkanes of at least 4 members (excludes halogenated alkanes) is 10. The second kappa shape index (κ2) is 21.5. The Bertz CT molecular complexity index is 518. The molecular weight excluding hydrogens is 432 g/mol. The highest BCUT2D eigenvalue weighted by Crippen LogP contribution is 2.33. The van der Waals surface area contributed by atoms with Gasteiger partial charge < -0.3 is 15.8 Å². The first-order valence-corrected chi connectivity index (χ1v) is 16.3. The third-order valence-corrected chi connectivity index (χ3v) is 7.06. The Hall–Kier alpha value is -1.01. The van der Waals surface area contributed by atoms with Gasteiger partial charge >= 0.3 is 5.97 Å². The molecule has 0 aliphatic heterocycles. The summed E-state index contributed by atoms with van der Waals surface area (Å²) < 4.78 is 5.27. The van der Waals surface area contributed by atoms with Crippen LogP contribution in [0.1, 0.15) is 103 Å². The van der Waals surface area contributed by atoms with Gasteiger partial charge in [0.05, 0.1) is 6.61 Å². The molecule has 0 rings (SSSR count). The van der Waals surface area contributed by atoms with Crippen LogP contribution >= 0.6 is 10.0 Å². The SMILES string of the molecule is CCCCCCC/C=C/CCCCCCC(=O)NCCCC[C@H](N)C(=O)OCCS(C)(C)C. The first-order valence-electron chi connectivity index (χ1n) is 13.3. The molecule has 0 saturated heterocycles. The van der Waals surface area contributed by atoms with E-state index in [1.165, 1.54) is 51.4 Å². The zero-order valence-corrected chi connectivity index (χ0v) is 23.0. The number of rotatable bonds is 22. The molecule has 0 heterocycles. The summed E-state index contributed by atoms with van der Waals surface area (Å²) in [5.74, 6) is 0.736. The van der Waals surface area contributed by atoms with Crippen LogP contribution in [0.15, 0.2) is 12.2 Å². The molecular formula is C27H54N2O3S. The fraction of sp³-hybridized carbons (Fsp3) is 0.852. The largest absolute Gasteiger partial charge is 0.464 e. The van der Waals surface area contributed by atoms with Gasteiger partial charge in [-0.15, -0.1) is 0 Å². The van der Waals surface area contributed by atoms with E-state index in [0.717, 1.165) is 37.9 Å². The molecule has 0 aromatic carbocycles. The van der Waals surface area contributed by atoms with Crippen molar-refractivity contribution in [2.75, 3.05) is 37.7 Å². The molecule has 0 fully saturated rings. The molecule has 0 aliphatic rings. The lowest BCUT2D eigenvalue weighted by atomic mass is 10.1. The second-order valence-electron chi connectivity index (χ2n) is 10.0. The molecule has 0 aromatic rings. The topological polar surface area (TPSA) is 81.4 Å². The van der Waals surface area contributed by atoms with Gasteiger partial charge in [-0.25, -0.2) is 10.0 Å². The number of nitrogens with two attached hydrogens (primary N) is 1. The number of esters is 1. The highest BCUT2D eigenvalue weighted by atomic mass is 32.3. The van der Waals surface area contributed by atoms with Crippen LogP contribution in [0.3, 0.4) is 0 Å². The Morgan fingerprint density at radius 3 is 2.09 bits per heavy atom. The van der Waals surface area contributed by atoms with Gasteiger partial charge in [-0.05, 0) is 70.1 Å². The lowest BCUT2D eigenvalue weighted by Gasteiger charge is -2.24. The van der Waals surface area contributed by atoms with Gasteiger partial charge in [0.25, 0.3) is 0 Å². The van der Waals surface area contributed by atoms with Gasteiger partial charge in [0, 0.05) is 18.7 Å². The van der Waals surface area contributed by atoms with Crippen molar-refractivity contribution in [3.63, 3.8) is 0 Å². The van der Waals surface area contributed by atoms with Gasteiger partial charge in [-0.1, -0.05) is 57.6 Å². The fourth-order valence-corrected chi connectivity index (χ4v) is 4.01. The predicted octanol–water partition coefficient (Wildman–Crippen LogP) is 6.09. The number of ether oxygens (including phenoxy) is 1. The monoisotopic (exact) mass is 486 g/mol. The minimum atomic E-state index is -0.659. The summed E-state index contributed by atoms with van der Waals surface area (Å²) in [5.41, 5.74) is 5.91. The Kier molecular flexibility index (Phi) is 20.9. The number of carbonyl (C=O) groups excluding carboxylic acids is 2. The number of allylic oxidation sites excluding steroid dienone is 2. The van der Waals surface area contributed by atoms with E-state index in [-0.39, 0.29) is 11.9 Å². The summed E-state index contributed by atoms with van der Waals surface area (Å²) in [5, 5.41) is 2.98. The molecule has 0 bridgehead atoms. The van der Waals surface area contributed by atoms with Gasteiger partial charge in [0.2, 0.25) is 5.91 Å². The quantitative estimate of drug-likeness (QED) is 0.110. The molecule has 0 saturated carbocycles. The van der Waals surface area contributed by atoms with E-state index in [2.05, 4.69) is 43.2 Å². The molecule has 33 heavy (non-hydrogen) atoms. The van der Waals surface area contributed by atoms with Crippen LogP contribution in [0, 0.1) is 0 Å². The summed E-state index contributed by atoms with van der Waals surface area (Å²) in [6.07, 6.45) is 27.7. The van der Waals surface area contributed by atoms with Crippen molar-refractivity contribution in [2.24, 2.45) is 5.73 Å². The van der Waals surface area contributed by atoms with Crippen molar-refractivity contribution in [1.82, 2.24) is 5.32 Å². The summed E-state index contributed by atoms with van der Waals surface area (Å²) in [4.78, 5) is 23.8. The van der Waals surface area contributed by atoms with Crippen LogP contribution in [0.2, 0.25) is 0 Å². The van der Waals surface area contributed by atoms with Crippen molar-refractivity contribution >= 4 is 21.9 Å². The highest BCUT2D eigenvalue weighted by molar-refractivity contribution is 8.32. The molecule has 1 amide bonds. The number of hydrogen-bond acceptors (Lipinski definition) is 4. The Labute approximate surface area is 206 Å². The van der Waals surface area contributed by atoms with Crippen molar-refractivity contribution in [3.05, 3.63) is 12.2 Å². The van der Waals surface area contributed by atoms with Crippen molar-refractivity contribution in [2.45, 2.75) is 109 Å². The fourth-order valence-electron chi connectivity index (χ4n) is 3.43. The number of amides is 1. The van der Waals surface area contributed by atoms with Crippen molar-refractivity contribution in [3.8, 4) is 0 Å². The van der Waals surface area contributed by atoms with E-state index in [1.54, 1.807) is 0 Å². The van der Waals surface area contributed by atoms with Crippen molar-refractivity contribution < 1.29 is 14.3 Å². The molecule has 0 radical (unpaired) electrons. The first kappa shape index (κ1) is 32.0. The van der Waals surface area contributed by atoms with Gasteiger partial charge in [-0.3, -0.25) is 9.59 Å². The van der Waals surface area contributed by atoms with Crippen LogP contribution in [0.5, 0.6) is 0 Å². The van der Waals surface area contributed by atoms with E-state index in [0.29, 0.717) is 26.0 Å². The van der Waals surface area contributed by atoms with E-state index in [1.807, 2.05) is 0 Å². The molecule has 0 unspecified atom stereocenters. The summed E-state index contributed by atoms with van der Waals surface area (Å²) in [6, 6.07) is -0.559. The molecule has 0 spiro atoms. The van der Waals surface area contributed by atoms with E-state index < -0.39 is 16.1 Å². The van der Waals surface area contributed by atoms with Crippen molar-refractivity contribution in [1.29, 1.82) is 0 Å². The maximum Gasteiger partial charge on any atom is 0.322 e. The summed E-state index contributed by atoms with van der Waals surface area (Å²) >= 11 is 0. The Morgan fingerprint density at radius 2 is 1.48 bits per heavy atom. The molecule has 6 heteroatoms. The maximum atomic E-state index is 11.9. The minimum absolute atomic E-state index is 0.131. The van der Waals surface area contributed by atoms with Crippen LogP contribution in [0.25, 0.3) is 0 Å². The highest BCUT2D eigenvalue weighted by Gasteiger charge is 2.15. The summed E-state index contributed by atoms with van der Waals surface area (Å²) in [6.45, 7) is 3.36. The number of hydrogen-bond donors (Lipinski definition) is 2. The second-order valence-corrected chi connectivity index (χ2v) is 14.6. The standard InChI is InChI=1S/C27H54N2O3S/c1-5-6-7-8-9-10-11-12-13-14-15-16-17-21-26(30)29-22-19-18-20-25(28)27(31)32-23-24-33(2,3)4/h11-12,25H,5-10,13-24,28H2,1-4H3,(H,29,30)/b12-11+/t25-/m0/s1. The van der Waals surface area contributed by atoms with Crippen LogP contribution < -0.4 is 11.1 Å². The minimum Gasteiger partial charge on any atom is -0.464 e. The lowest BCUT2D eigenvalue weighted by molar-refractivity contribution is -0.144. The average molecular weight is 487 g/mol. The molecule has 1 atom stereocenters. The van der Waals surface area contributed by atoms with Crippen LogP contribution in [-0.4, -0.2) is 55.6 Å². The Balaban J connectivity index is 3.48. The van der Waals surface area contributed by atoms with Gasteiger partial charge in [0.1, 0.15) is 6.04 Å². The smallest absolute Gasteiger partial charge is 0.322 e. The first-order chi connectivity index (χ1) is 15.8. The zero-order valence-electron chi connectivity index (χ0n) is 22.2.